The van der Waals surface area contributed by atoms with Gasteiger partial charge in [0.1, 0.15) is 0 Å². The minimum atomic E-state index is 0.0306. The van der Waals surface area contributed by atoms with Crippen LogP contribution in [-0.2, 0) is 6.54 Å². The zero-order valence-electron chi connectivity index (χ0n) is 15.0. The number of amides is 2. The molecule has 3 rings (SSSR count). The van der Waals surface area contributed by atoms with Crippen molar-refractivity contribution in [1.82, 2.24) is 15.5 Å². The molecule has 1 aliphatic carbocycles. The van der Waals surface area contributed by atoms with Gasteiger partial charge >= 0.3 is 6.03 Å². The maximum absolute atomic E-state index is 12.2. The minimum absolute atomic E-state index is 0.0306. The van der Waals surface area contributed by atoms with E-state index in [1.165, 1.54) is 31.2 Å². The molecule has 2 fully saturated rings. The first-order valence-corrected chi connectivity index (χ1v) is 10.1. The smallest absolute Gasteiger partial charge is 0.315 e. The predicted octanol–water partition coefficient (Wildman–Crippen LogP) is 4.33. The third-order valence-electron chi connectivity index (χ3n) is 5.43. The first kappa shape index (κ1) is 18.5. The van der Waals surface area contributed by atoms with Gasteiger partial charge in [0.05, 0.1) is 0 Å². The van der Waals surface area contributed by atoms with E-state index in [0.29, 0.717) is 12.1 Å². The average Bonchev–Trinajstić information content (AvgIpc) is 2.87. The summed E-state index contributed by atoms with van der Waals surface area (Å²) < 4.78 is 0. The molecule has 1 saturated heterocycles. The zero-order valence-corrected chi connectivity index (χ0v) is 15.7. The number of rotatable bonds is 4. The van der Waals surface area contributed by atoms with Crippen LogP contribution in [0.4, 0.5) is 4.79 Å². The number of urea groups is 1. The SMILES string of the molecule is O=C(NC1CCCCCC1)NC1CCN(Cc2ccc(Cl)cc2)CC1. The summed E-state index contributed by atoms with van der Waals surface area (Å²) in [6.07, 6.45) is 9.41. The van der Waals surface area contributed by atoms with Crippen LogP contribution in [0.1, 0.15) is 56.9 Å². The van der Waals surface area contributed by atoms with Crippen molar-refractivity contribution >= 4 is 17.6 Å². The highest BCUT2D eigenvalue weighted by Gasteiger charge is 2.22. The second kappa shape index (κ2) is 9.44. The van der Waals surface area contributed by atoms with Gasteiger partial charge in [0, 0.05) is 36.7 Å². The molecule has 0 aromatic heterocycles. The first-order chi connectivity index (χ1) is 12.2. The lowest BCUT2D eigenvalue weighted by Crippen LogP contribution is -2.49. The Kier molecular flexibility index (Phi) is 7.00. The van der Waals surface area contributed by atoms with E-state index in [0.717, 1.165) is 50.3 Å². The molecule has 2 amide bonds. The Bertz CT molecular complexity index is 532. The normalized spacial score (nSPS) is 20.8. The van der Waals surface area contributed by atoms with Crippen LogP contribution in [0.3, 0.4) is 0 Å². The summed E-state index contributed by atoms with van der Waals surface area (Å²) in [6, 6.07) is 8.77. The van der Waals surface area contributed by atoms with Gasteiger partial charge in [-0.1, -0.05) is 49.4 Å². The molecule has 0 atom stereocenters. The van der Waals surface area contributed by atoms with Gasteiger partial charge in [-0.3, -0.25) is 4.90 Å². The molecule has 1 aliphatic heterocycles. The highest BCUT2D eigenvalue weighted by atomic mass is 35.5. The van der Waals surface area contributed by atoms with Crippen LogP contribution in [0.2, 0.25) is 5.02 Å². The van der Waals surface area contributed by atoms with Crippen molar-refractivity contribution in [2.24, 2.45) is 0 Å². The predicted molar refractivity (Wildman–Crippen MR) is 103 cm³/mol. The number of carbonyl (C=O) groups excluding carboxylic acids is 1. The fourth-order valence-electron chi connectivity index (χ4n) is 3.92. The van der Waals surface area contributed by atoms with Crippen LogP contribution in [0.15, 0.2) is 24.3 Å². The number of nitrogens with one attached hydrogen (secondary N) is 2. The Labute approximate surface area is 156 Å². The molecule has 0 spiro atoms. The standard InChI is InChI=1S/C20H30ClN3O/c21-17-9-7-16(8-10-17)15-24-13-11-19(12-14-24)23-20(25)22-18-5-3-1-2-4-6-18/h7-10,18-19H,1-6,11-15H2,(H2,22,23,25). The maximum Gasteiger partial charge on any atom is 0.315 e. The monoisotopic (exact) mass is 363 g/mol. The van der Waals surface area contributed by atoms with Gasteiger partial charge in [-0.25, -0.2) is 4.79 Å². The van der Waals surface area contributed by atoms with Gasteiger partial charge in [-0.15, -0.1) is 0 Å². The van der Waals surface area contributed by atoms with Crippen molar-refractivity contribution in [1.29, 1.82) is 0 Å². The number of likely N-dealkylation sites (tertiary alicyclic amines) is 1. The molecule has 1 aromatic rings. The van der Waals surface area contributed by atoms with E-state index in [-0.39, 0.29) is 6.03 Å². The third kappa shape index (κ3) is 6.19. The molecule has 25 heavy (non-hydrogen) atoms. The van der Waals surface area contributed by atoms with E-state index in [2.05, 4.69) is 27.7 Å². The Morgan fingerprint density at radius 1 is 0.920 bits per heavy atom. The topological polar surface area (TPSA) is 44.4 Å². The van der Waals surface area contributed by atoms with Crippen molar-refractivity contribution in [3.8, 4) is 0 Å². The van der Waals surface area contributed by atoms with Crippen molar-refractivity contribution in [2.45, 2.75) is 70.0 Å². The molecular formula is C20H30ClN3O. The van der Waals surface area contributed by atoms with Gasteiger partial charge in [0.25, 0.3) is 0 Å². The van der Waals surface area contributed by atoms with E-state index >= 15 is 0 Å². The molecule has 1 heterocycles. The molecule has 0 radical (unpaired) electrons. The van der Waals surface area contributed by atoms with Crippen molar-refractivity contribution in [3.05, 3.63) is 34.9 Å². The fraction of sp³-hybridized carbons (Fsp3) is 0.650. The van der Waals surface area contributed by atoms with E-state index < -0.39 is 0 Å². The van der Waals surface area contributed by atoms with Gasteiger partial charge in [-0.2, -0.15) is 0 Å². The largest absolute Gasteiger partial charge is 0.335 e. The van der Waals surface area contributed by atoms with Gasteiger partial charge in [-0.05, 0) is 43.4 Å². The van der Waals surface area contributed by atoms with Crippen molar-refractivity contribution in [2.75, 3.05) is 13.1 Å². The molecule has 5 heteroatoms. The molecule has 0 bridgehead atoms. The zero-order chi connectivity index (χ0) is 17.5. The lowest BCUT2D eigenvalue weighted by Gasteiger charge is -2.32. The number of piperidine rings is 1. The first-order valence-electron chi connectivity index (χ1n) is 9.73. The second-order valence-corrected chi connectivity index (χ2v) is 7.92. The summed E-state index contributed by atoms with van der Waals surface area (Å²) in [5.41, 5.74) is 1.29. The van der Waals surface area contributed by atoms with Crippen LogP contribution >= 0.6 is 11.6 Å². The summed E-state index contributed by atoms with van der Waals surface area (Å²) in [7, 11) is 0. The number of hydrogen-bond donors (Lipinski definition) is 2. The Morgan fingerprint density at radius 2 is 1.48 bits per heavy atom. The molecule has 138 valence electrons. The Hall–Kier alpha value is -1.26. The van der Waals surface area contributed by atoms with E-state index in [4.69, 9.17) is 11.6 Å². The van der Waals surface area contributed by atoms with Crippen molar-refractivity contribution in [3.63, 3.8) is 0 Å². The molecule has 1 saturated carbocycles. The molecule has 4 nitrogen and oxygen atoms in total. The van der Waals surface area contributed by atoms with E-state index in [1.807, 2.05) is 12.1 Å². The second-order valence-electron chi connectivity index (χ2n) is 7.48. The average molecular weight is 364 g/mol. The van der Waals surface area contributed by atoms with Crippen LogP contribution in [-0.4, -0.2) is 36.1 Å². The molecule has 0 unspecified atom stereocenters. The summed E-state index contributed by atoms with van der Waals surface area (Å²) in [5.74, 6) is 0. The molecule has 2 N–H and O–H groups in total. The summed E-state index contributed by atoms with van der Waals surface area (Å²) in [5, 5.41) is 7.15. The number of hydrogen-bond acceptors (Lipinski definition) is 2. The van der Waals surface area contributed by atoms with E-state index in [1.54, 1.807) is 0 Å². The van der Waals surface area contributed by atoms with Crippen LogP contribution in [0, 0.1) is 0 Å². The lowest BCUT2D eigenvalue weighted by atomic mass is 10.0. The van der Waals surface area contributed by atoms with Gasteiger partial charge in [0.2, 0.25) is 0 Å². The number of nitrogens with zero attached hydrogens (tertiary/aromatic N) is 1. The van der Waals surface area contributed by atoms with Crippen LogP contribution < -0.4 is 10.6 Å². The summed E-state index contributed by atoms with van der Waals surface area (Å²) in [4.78, 5) is 14.7. The quantitative estimate of drug-likeness (QED) is 0.782. The molecule has 2 aliphatic rings. The number of benzene rings is 1. The Morgan fingerprint density at radius 3 is 2.08 bits per heavy atom. The van der Waals surface area contributed by atoms with E-state index in [9.17, 15) is 4.79 Å². The number of halogens is 1. The fourth-order valence-corrected chi connectivity index (χ4v) is 4.05. The van der Waals surface area contributed by atoms with Gasteiger partial charge in [0.15, 0.2) is 0 Å². The Balaban J connectivity index is 1.37. The molecule has 1 aromatic carbocycles. The minimum Gasteiger partial charge on any atom is -0.335 e. The maximum atomic E-state index is 12.2. The van der Waals surface area contributed by atoms with Gasteiger partial charge < -0.3 is 10.6 Å². The summed E-state index contributed by atoms with van der Waals surface area (Å²) in [6.45, 7) is 3.01. The molecular weight excluding hydrogens is 334 g/mol. The highest BCUT2D eigenvalue weighted by Crippen LogP contribution is 2.18. The van der Waals surface area contributed by atoms with Crippen LogP contribution in [0.5, 0.6) is 0 Å². The summed E-state index contributed by atoms with van der Waals surface area (Å²) >= 11 is 5.94. The lowest BCUT2D eigenvalue weighted by molar-refractivity contribution is 0.185. The third-order valence-corrected chi connectivity index (χ3v) is 5.68. The van der Waals surface area contributed by atoms with Crippen molar-refractivity contribution < 1.29 is 4.79 Å². The van der Waals surface area contributed by atoms with Crippen LogP contribution in [0.25, 0.3) is 0 Å². The number of carbonyl (C=O) groups is 1. The highest BCUT2D eigenvalue weighted by molar-refractivity contribution is 6.30.